The van der Waals surface area contributed by atoms with Gasteiger partial charge in [0.25, 0.3) is 5.91 Å². The summed E-state index contributed by atoms with van der Waals surface area (Å²) in [6.07, 6.45) is 0. The minimum atomic E-state index is -0.472. The van der Waals surface area contributed by atoms with E-state index in [1.54, 1.807) is 18.2 Å². The lowest BCUT2D eigenvalue weighted by Crippen LogP contribution is -2.12. The molecule has 98 valence electrons. The Kier molecular flexibility index (Phi) is 4.65. The van der Waals surface area contributed by atoms with Crippen molar-refractivity contribution in [2.45, 2.75) is 0 Å². The van der Waals surface area contributed by atoms with Gasteiger partial charge in [0.05, 0.1) is 15.7 Å². The number of hydrogen-bond acceptors (Lipinski definition) is 1. The average Bonchev–Trinajstić information content (AvgIpc) is 2.37. The van der Waals surface area contributed by atoms with Crippen LogP contribution in [0.4, 0.5) is 10.1 Å². The van der Waals surface area contributed by atoms with Crippen LogP contribution in [0.5, 0.6) is 0 Å². The van der Waals surface area contributed by atoms with Crippen LogP contribution >= 0.6 is 45.8 Å². The van der Waals surface area contributed by atoms with E-state index in [-0.39, 0.29) is 10.7 Å². The lowest BCUT2D eigenvalue weighted by atomic mass is 10.2. The van der Waals surface area contributed by atoms with Gasteiger partial charge >= 0.3 is 0 Å². The predicted molar refractivity (Wildman–Crippen MR) is 83.5 cm³/mol. The van der Waals surface area contributed by atoms with Gasteiger partial charge in [0, 0.05) is 9.13 Å². The number of carbonyl (C=O) groups is 1. The van der Waals surface area contributed by atoms with E-state index < -0.39 is 11.7 Å². The first kappa shape index (κ1) is 14.6. The Labute approximate surface area is 133 Å². The molecule has 0 heterocycles. The molecule has 2 nitrogen and oxygen atoms in total. The molecule has 0 fully saturated rings. The number of anilines is 1. The highest BCUT2D eigenvalue weighted by molar-refractivity contribution is 14.1. The van der Waals surface area contributed by atoms with Crippen LogP contribution in [0.3, 0.4) is 0 Å². The zero-order valence-corrected chi connectivity index (χ0v) is 13.1. The largest absolute Gasteiger partial charge is 0.321 e. The van der Waals surface area contributed by atoms with Crippen LogP contribution in [0.1, 0.15) is 10.4 Å². The lowest BCUT2D eigenvalue weighted by Gasteiger charge is -2.08. The van der Waals surface area contributed by atoms with Gasteiger partial charge in [0.1, 0.15) is 5.82 Å². The zero-order valence-electron chi connectivity index (χ0n) is 9.38. The van der Waals surface area contributed by atoms with Crippen LogP contribution in [0.15, 0.2) is 36.4 Å². The highest BCUT2D eigenvalue weighted by Crippen LogP contribution is 2.24. The Morgan fingerprint density at radius 1 is 1.11 bits per heavy atom. The van der Waals surface area contributed by atoms with Crippen LogP contribution in [0.25, 0.3) is 0 Å². The van der Waals surface area contributed by atoms with Crippen molar-refractivity contribution in [3.8, 4) is 0 Å². The molecule has 6 heteroatoms. The van der Waals surface area contributed by atoms with E-state index in [2.05, 4.69) is 27.9 Å². The molecular formula is C13H7Cl2FINO. The van der Waals surface area contributed by atoms with Crippen molar-refractivity contribution in [2.75, 3.05) is 5.32 Å². The van der Waals surface area contributed by atoms with Crippen molar-refractivity contribution < 1.29 is 9.18 Å². The smallest absolute Gasteiger partial charge is 0.255 e. The topological polar surface area (TPSA) is 29.1 Å². The molecular weight excluding hydrogens is 403 g/mol. The van der Waals surface area contributed by atoms with Gasteiger partial charge < -0.3 is 5.32 Å². The number of hydrogen-bond donors (Lipinski definition) is 1. The molecule has 0 radical (unpaired) electrons. The third-order valence-electron chi connectivity index (χ3n) is 2.36. The minimum Gasteiger partial charge on any atom is -0.321 e. The summed E-state index contributed by atoms with van der Waals surface area (Å²) < 4.78 is 13.9. The third-order valence-corrected chi connectivity index (χ3v) is 4.26. The van der Waals surface area contributed by atoms with Crippen LogP contribution < -0.4 is 5.32 Å². The fraction of sp³-hybridized carbons (Fsp3) is 0. The number of nitrogens with one attached hydrogen (secondary N) is 1. The van der Waals surface area contributed by atoms with Crippen molar-refractivity contribution in [1.82, 2.24) is 0 Å². The molecule has 0 unspecified atom stereocenters. The molecule has 0 saturated heterocycles. The Balaban J connectivity index is 2.25. The van der Waals surface area contributed by atoms with Crippen molar-refractivity contribution >= 4 is 57.4 Å². The van der Waals surface area contributed by atoms with Crippen LogP contribution in [0, 0.1) is 9.39 Å². The summed E-state index contributed by atoms with van der Waals surface area (Å²) in [5, 5.41) is 3.30. The first-order valence-electron chi connectivity index (χ1n) is 5.19. The van der Waals surface area contributed by atoms with Crippen molar-refractivity contribution in [2.24, 2.45) is 0 Å². The standard InChI is InChI=1S/C13H7Cl2FINO/c14-9-3-2-8(16)6-12(9)18-13(19)7-1-4-11(17)10(15)5-7/h1-6H,(H,18,19). The first-order chi connectivity index (χ1) is 8.97. The zero-order chi connectivity index (χ0) is 14.0. The van der Waals surface area contributed by atoms with E-state index in [1.807, 2.05) is 0 Å². The van der Waals surface area contributed by atoms with E-state index in [4.69, 9.17) is 23.2 Å². The highest BCUT2D eigenvalue weighted by atomic mass is 127. The summed E-state index contributed by atoms with van der Waals surface area (Å²) >= 11 is 13.9. The molecule has 0 bridgehead atoms. The Morgan fingerprint density at radius 3 is 2.53 bits per heavy atom. The molecule has 0 aromatic heterocycles. The van der Waals surface area contributed by atoms with Crippen LogP contribution in [-0.2, 0) is 0 Å². The van der Waals surface area contributed by atoms with Gasteiger partial charge in [0.2, 0.25) is 0 Å². The molecule has 0 aliphatic rings. The van der Waals surface area contributed by atoms with Crippen molar-refractivity contribution in [3.05, 3.63) is 61.4 Å². The Morgan fingerprint density at radius 2 is 1.84 bits per heavy atom. The second kappa shape index (κ2) is 6.07. The maximum Gasteiger partial charge on any atom is 0.255 e. The van der Waals surface area contributed by atoms with Gasteiger partial charge in [-0.3, -0.25) is 4.79 Å². The Bertz CT molecular complexity index is 649. The van der Waals surface area contributed by atoms with Gasteiger partial charge in [-0.2, -0.15) is 0 Å². The van der Waals surface area contributed by atoms with E-state index in [0.29, 0.717) is 10.6 Å². The molecule has 1 N–H and O–H groups in total. The molecule has 0 aliphatic heterocycles. The molecule has 0 atom stereocenters. The average molecular weight is 410 g/mol. The number of carbonyl (C=O) groups excluding carboxylic acids is 1. The fourth-order valence-electron chi connectivity index (χ4n) is 1.43. The summed E-state index contributed by atoms with van der Waals surface area (Å²) in [5.74, 6) is -0.869. The molecule has 0 aliphatic carbocycles. The molecule has 1 amide bonds. The minimum absolute atomic E-state index is 0.223. The van der Waals surface area contributed by atoms with E-state index in [1.165, 1.54) is 12.1 Å². The molecule has 2 aromatic rings. The van der Waals surface area contributed by atoms with E-state index in [9.17, 15) is 9.18 Å². The number of benzene rings is 2. The maximum absolute atomic E-state index is 13.1. The van der Waals surface area contributed by atoms with E-state index in [0.717, 1.165) is 9.64 Å². The third kappa shape index (κ3) is 3.58. The van der Waals surface area contributed by atoms with Gasteiger partial charge in [0.15, 0.2) is 0 Å². The van der Waals surface area contributed by atoms with Gasteiger partial charge in [-0.1, -0.05) is 23.2 Å². The van der Waals surface area contributed by atoms with Gasteiger partial charge in [-0.05, 0) is 59.0 Å². The molecule has 19 heavy (non-hydrogen) atoms. The van der Waals surface area contributed by atoms with Gasteiger partial charge in [-0.15, -0.1) is 0 Å². The van der Waals surface area contributed by atoms with Gasteiger partial charge in [-0.25, -0.2) is 4.39 Å². The number of halogens is 4. The molecule has 2 rings (SSSR count). The quantitative estimate of drug-likeness (QED) is 0.695. The van der Waals surface area contributed by atoms with Crippen LogP contribution in [-0.4, -0.2) is 5.91 Å². The monoisotopic (exact) mass is 409 g/mol. The number of rotatable bonds is 2. The molecule has 0 saturated carbocycles. The Hall–Kier alpha value is -0.850. The number of amides is 1. The summed E-state index contributed by atoms with van der Waals surface area (Å²) in [7, 11) is 0. The summed E-state index contributed by atoms with van der Waals surface area (Å²) in [6, 6.07) is 8.68. The normalized spacial score (nSPS) is 10.3. The fourth-order valence-corrected chi connectivity index (χ4v) is 2.11. The second-order valence-electron chi connectivity index (χ2n) is 3.71. The molecule has 2 aromatic carbocycles. The summed E-state index contributed by atoms with van der Waals surface area (Å²) in [5.41, 5.74) is 0.604. The highest BCUT2D eigenvalue weighted by Gasteiger charge is 2.10. The summed E-state index contributed by atoms with van der Waals surface area (Å²) in [6.45, 7) is 0. The van der Waals surface area contributed by atoms with Crippen molar-refractivity contribution in [3.63, 3.8) is 0 Å². The SMILES string of the molecule is O=C(Nc1cc(F)ccc1Cl)c1ccc(I)c(Cl)c1. The van der Waals surface area contributed by atoms with E-state index >= 15 is 0 Å². The lowest BCUT2D eigenvalue weighted by molar-refractivity contribution is 0.102. The van der Waals surface area contributed by atoms with Crippen molar-refractivity contribution in [1.29, 1.82) is 0 Å². The maximum atomic E-state index is 13.1. The summed E-state index contributed by atoms with van der Waals surface area (Å²) in [4.78, 5) is 12.0. The predicted octanol–water partition coefficient (Wildman–Crippen LogP) is 4.99. The second-order valence-corrected chi connectivity index (χ2v) is 5.68. The van der Waals surface area contributed by atoms with Crippen LogP contribution in [0.2, 0.25) is 10.0 Å². The first-order valence-corrected chi connectivity index (χ1v) is 7.02. The molecule has 0 spiro atoms.